The molecule has 8 heteroatoms. The summed E-state index contributed by atoms with van der Waals surface area (Å²) in [6.07, 6.45) is 1.85. The number of amides is 2. The molecule has 0 unspecified atom stereocenters. The molecule has 0 radical (unpaired) electrons. The molecule has 0 aliphatic carbocycles. The van der Waals surface area contributed by atoms with Crippen LogP contribution in [0.3, 0.4) is 0 Å². The van der Waals surface area contributed by atoms with Gasteiger partial charge in [0.15, 0.2) is 5.17 Å². The van der Waals surface area contributed by atoms with E-state index < -0.39 is 0 Å². The van der Waals surface area contributed by atoms with Crippen LogP contribution in [0.5, 0.6) is 0 Å². The van der Waals surface area contributed by atoms with Crippen LogP contribution in [-0.4, -0.2) is 77.7 Å². The molecule has 0 atom stereocenters. The van der Waals surface area contributed by atoms with Gasteiger partial charge in [-0.2, -0.15) is 16.8 Å². The fourth-order valence-corrected chi connectivity index (χ4v) is 4.98. The molecule has 1 aromatic rings. The van der Waals surface area contributed by atoms with Gasteiger partial charge in [0.25, 0.3) is 11.8 Å². The summed E-state index contributed by atoms with van der Waals surface area (Å²) in [7, 11) is 0. The summed E-state index contributed by atoms with van der Waals surface area (Å²) in [5.74, 6) is 2.00. The van der Waals surface area contributed by atoms with Crippen LogP contribution in [0.1, 0.15) is 15.9 Å². The smallest absolute Gasteiger partial charge is 0.286 e. The number of rotatable bonds is 2. The second-order valence-corrected chi connectivity index (χ2v) is 8.67. The Balaban J connectivity index is 1.42. The van der Waals surface area contributed by atoms with Crippen molar-refractivity contribution in [3.05, 3.63) is 40.3 Å². The Bertz CT molecular complexity index is 780. The zero-order valence-corrected chi connectivity index (χ0v) is 16.6. The number of nitrogens with zero attached hydrogens (tertiary/aromatic N) is 3. The van der Waals surface area contributed by atoms with Crippen molar-refractivity contribution in [1.82, 2.24) is 9.80 Å². The number of benzene rings is 1. The Hall–Kier alpha value is -1.77. The number of thioether (sulfide) groups is 2. The maximum atomic E-state index is 12.5. The fourth-order valence-electron chi connectivity index (χ4n) is 3.11. The highest BCUT2D eigenvalue weighted by Crippen LogP contribution is 2.31. The van der Waals surface area contributed by atoms with Crippen LogP contribution in [0.15, 0.2) is 34.2 Å². The highest BCUT2D eigenvalue weighted by molar-refractivity contribution is 8.18. The van der Waals surface area contributed by atoms with E-state index in [0.29, 0.717) is 36.8 Å². The van der Waals surface area contributed by atoms with Crippen molar-refractivity contribution in [2.45, 2.75) is 0 Å². The van der Waals surface area contributed by atoms with Crippen molar-refractivity contribution < 1.29 is 14.3 Å². The molecule has 3 heterocycles. The van der Waals surface area contributed by atoms with E-state index in [-0.39, 0.29) is 11.8 Å². The molecule has 0 saturated carbocycles. The SMILES string of the molecule is O=C1N=C(N2CCSCC2)SC1=Cc1ccc(C(=O)N2CCOCC2)cc1. The van der Waals surface area contributed by atoms with E-state index in [4.69, 9.17) is 4.74 Å². The van der Waals surface area contributed by atoms with Gasteiger partial charge in [-0.05, 0) is 35.5 Å². The molecule has 0 bridgehead atoms. The summed E-state index contributed by atoms with van der Waals surface area (Å²) in [5, 5.41) is 0.811. The lowest BCUT2D eigenvalue weighted by molar-refractivity contribution is -0.113. The van der Waals surface area contributed by atoms with Gasteiger partial charge in [0.1, 0.15) is 0 Å². The van der Waals surface area contributed by atoms with Crippen LogP contribution in [0, 0.1) is 0 Å². The number of hydrogen-bond donors (Lipinski definition) is 0. The number of amidine groups is 1. The van der Waals surface area contributed by atoms with E-state index in [0.717, 1.165) is 35.3 Å². The molecule has 6 nitrogen and oxygen atoms in total. The Morgan fingerprint density at radius 2 is 1.78 bits per heavy atom. The molecule has 4 rings (SSSR count). The maximum absolute atomic E-state index is 12.5. The molecule has 2 saturated heterocycles. The lowest BCUT2D eigenvalue weighted by atomic mass is 10.1. The minimum absolute atomic E-state index is 0.0254. The third-order valence-corrected chi connectivity index (χ3v) is 6.63. The predicted octanol–water partition coefficient (Wildman–Crippen LogP) is 2.18. The molecular formula is C19H21N3O3S2. The number of morpholine rings is 1. The molecule has 2 amide bonds. The van der Waals surface area contributed by atoms with Gasteiger partial charge in [0, 0.05) is 43.2 Å². The Morgan fingerprint density at radius 3 is 2.48 bits per heavy atom. The Morgan fingerprint density at radius 1 is 1.07 bits per heavy atom. The van der Waals surface area contributed by atoms with Crippen molar-refractivity contribution in [2.24, 2.45) is 4.99 Å². The first-order valence-corrected chi connectivity index (χ1v) is 11.0. The first-order valence-electron chi connectivity index (χ1n) is 9.03. The Kier molecular flexibility index (Phi) is 5.85. The molecule has 2 fully saturated rings. The molecule has 27 heavy (non-hydrogen) atoms. The van der Waals surface area contributed by atoms with E-state index in [1.165, 1.54) is 11.8 Å². The van der Waals surface area contributed by atoms with E-state index >= 15 is 0 Å². The largest absolute Gasteiger partial charge is 0.378 e. The topological polar surface area (TPSA) is 62.2 Å². The molecule has 0 N–H and O–H groups in total. The number of aliphatic imine (C=N–C) groups is 1. The minimum Gasteiger partial charge on any atom is -0.378 e. The quantitative estimate of drug-likeness (QED) is 0.706. The van der Waals surface area contributed by atoms with Crippen molar-refractivity contribution in [3.63, 3.8) is 0 Å². The minimum atomic E-state index is -0.179. The highest BCUT2D eigenvalue weighted by atomic mass is 32.2. The normalized spacial score (nSPS) is 22.3. The third kappa shape index (κ3) is 4.39. The maximum Gasteiger partial charge on any atom is 0.286 e. The van der Waals surface area contributed by atoms with Crippen molar-refractivity contribution >= 4 is 46.6 Å². The van der Waals surface area contributed by atoms with Crippen LogP contribution in [0.25, 0.3) is 6.08 Å². The number of carbonyl (C=O) groups excluding carboxylic acids is 2. The van der Waals surface area contributed by atoms with E-state index in [1.807, 2.05) is 47.0 Å². The third-order valence-electron chi connectivity index (χ3n) is 4.64. The molecule has 1 aromatic carbocycles. The Labute approximate surface area is 167 Å². The van der Waals surface area contributed by atoms with E-state index in [1.54, 1.807) is 0 Å². The van der Waals surface area contributed by atoms with Crippen LogP contribution in [0.4, 0.5) is 0 Å². The molecule has 142 valence electrons. The number of carbonyl (C=O) groups is 2. The van der Waals surface area contributed by atoms with Crippen molar-refractivity contribution in [3.8, 4) is 0 Å². The van der Waals surface area contributed by atoms with Crippen LogP contribution in [-0.2, 0) is 9.53 Å². The zero-order chi connectivity index (χ0) is 18.6. The molecular weight excluding hydrogens is 382 g/mol. The van der Waals surface area contributed by atoms with Gasteiger partial charge < -0.3 is 14.5 Å². The van der Waals surface area contributed by atoms with Gasteiger partial charge in [0.2, 0.25) is 0 Å². The molecule has 3 aliphatic rings. The van der Waals surface area contributed by atoms with Gasteiger partial charge in [0.05, 0.1) is 18.1 Å². The summed E-state index contributed by atoms with van der Waals surface area (Å²) in [6.45, 7) is 4.32. The highest BCUT2D eigenvalue weighted by Gasteiger charge is 2.27. The second-order valence-electron chi connectivity index (χ2n) is 6.44. The molecule has 3 aliphatic heterocycles. The van der Waals surface area contributed by atoms with Crippen LogP contribution in [0.2, 0.25) is 0 Å². The average molecular weight is 404 g/mol. The van der Waals surface area contributed by atoms with Crippen molar-refractivity contribution in [1.29, 1.82) is 0 Å². The monoisotopic (exact) mass is 403 g/mol. The number of ether oxygens (including phenoxy) is 1. The zero-order valence-electron chi connectivity index (χ0n) is 14.9. The summed E-state index contributed by atoms with van der Waals surface area (Å²) >= 11 is 3.37. The van der Waals surface area contributed by atoms with Gasteiger partial charge in [-0.15, -0.1) is 0 Å². The standard InChI is InChI=1S/C19H21N3O3S2/c23-17-16(27-19(20-17)22-7-11-26-12-8-22)13-14-1-3-15(4-2-14)18(24)21-5-9-25-10-6-21/h1-4,13H,5-12H2. The van der Waals surface area contributed by atoms with Gasteiger partial charge in [-0.25, -0.2) is 0 Å². The summed E-state index contributed by atoms with van der Waals surface area (Å²) in [6, 6.07) is 7.39. The summed E-state index contributed by atoms with van der Waals surface area (Å²) in [5.41, 5.74) is 1.56. The van der Waals surface area contributed by atoms with Crippen molar-refractivity contribution in [2.75, 3.05) is 50.9 Å². The summed E-state index contributed by atoms with van der Waals surface area (Å²) in [4.78, 5) is 33.6. The predicted molar refractivity (Wildman–Crippen MR) is 110 cm³/mol. The van der Waals surface area contributed by atoms with Gasteiger partial charge in [-0.1, -0.05) is 12.1 Å². The second kappa shape index (κ2) is 8.50. The lowest BCUT2D eigenvalue weighted by Gasteiger charge is -2.27. The first kappa shape index (κ1) is 18.6. The van der Waals surface area contributed by atoms with E-state index in [2.05, 4.69) is 9.89 Å². The fraction of sp³-hybridized carbons (Fsp3) is 0.421. The van der Waals surface area contributed by atoms with Gasteiger partial charge >= 0.3 is 0 Å². The first-order chi connectivity index (χ1) is 13.2. The van der Waals surface area contributed by atoms with E-state index in [9.17, 15) is 9.59 Å². The lowest BCUT2D eigenvalue weighted by Crippen LogP contribution is -2.40. The summed E-state index contributed by atoms with van der Waals surface area (Å²) < 4.78 is 5.29. The average Bonchev–Trinajstić information content (AvgIpc) is 3.10. The molecule has 0 aromatic heterocycles. The number of hydrogen-bond acceptors (Lipinski definition) is 6. The molecule has 0 spiro atoms. The van der Waals surface area contributed by atoms with Crippen LogP contribution < -0.4 is 0 Å². The van der Waals surface area contributed by atoms with Gasteiger partial charge in [-0.3, -0.25) is 9.59 Å². The van der Waals surface area contributed by atoms with Crippen LogP contribution >= 0.6 is 23.5 Å².